The van der Waals surface area contributed by atoms with Crippen molar-refractivity contribution in [2.24, 2.45) is 10.9 Å². The Morgan fingerprint density at radius 1 is 1.10 bits per heavy atom. The SMILES string of the molecule is CN=C(NCc1ccc2ccccc2c1)NCC1CC1. The lowest BCUT2D eigenvalue weighted by Crippen LogP contribution is -2.37. The first-order chi connectivity index (χ1) is 9.85. The van der Waals surface area contributed by atoms with Crippen LogP contribution >= 0.6 is 0 Å². The average molecular weight is 267 g/mol. The molecule has 3 heteroatoms. The maximum absolute atomic E-state index is 4.26. The van der Waals surface area contributed by atoms with Gasteiger partial charge in [-0.25, -0.2) is 0 Å². The van der Waals surface area contributed by atoms with Gasteiger partial charge in [0.2, 0.25) is 0 Å². The van der Waals surface area contributed by atoms with Gasteiger partial charge in [-0.15, -0.1) is 0 Å². The number of fused-ring (bicyclic) bond motifs is 1. The summed E-state index contributed by atoms with van der Waals surface area (Å²) in [5.74, 6) is 1.75. The van der Waals surface area contributed by atoms with Gasteiger partial charge in [-0.1, -0.05) is 36.4 Å². The van der Waals surface area contributed by atoms with Gasteiger partial charge in [-0.2, -0.15) is 0 Å². The minimum Gasteiger partial charge on any atom is -0.356 e. The van der Waals surface area contributed by atoms with Gasteiger partial charge in [0, 0.05) is 20.1 Å². The van der Waals surface area contributed by atoms with Crippen LogP contribution in [0.2, 0.25) is 0 Å². The number of benzene rings is 2. The Bertz CT molecular complexity index is 614. The zero-order valence-electron chi connectivity index (χ0n) is 11.9. The van der Waals surface area contributed by atoms with E-state index in [1.54, 1.807) is 0 Å². The standard InChI is InChI=1S/C17H21N3/c1-18-17(19-11-13-6-7-13)20-12-14-8-9-15-4-2-3-5-16(15)10-14/h2-5,8-10,13H,6-7,11-12H2,1H3,(H2,18,19,20). The van der Waals surface area contributed by atoms with E-state index in [1.807, 2.05) is 7.05 Å². The van der Waals surface area contributed by atoms with Crippen LogP contribution in [0.3, 0.4) is 0 Å². The Hall–Kier alpha value is -2.03. The lowest BCUT2D eigenvalue weighted by atomic mass is 10.1. The van der Waals surface area contributed by atoms with E-state index < -0.39 is 0 Å². The zero-order chi connectivity index (χ0) is 13.8. The fourth-order valence-electron chi connectivity index (χ4n) is 2.32. The van der Waals surface area contributed by atoms with E-state index in [1.165, 1.54) is 29.2 Å². The van der Waals surface area contributed by atoms with Gasteiger partial charge in [-0.05, 0) is 41.2 Å². The topological polar surface area (TPSA) is 36.4 Å². The lowest BCUT2D eigenvalue weighted by Gasteiger charge is -2.12. The van der Waals surface area contributed by atoms with E-state index >= 15 is 0 Å². The molecule has 1 saturated carbocycles. The van der Waals surface area contributed by atoms with Gasteiger partial charge in [0.25, 0.3) is 0 Å². The third kappa shape index (κ3) is 3.29. The minimum atomic E-state index is 0.801. The molecule has 0 radical (unpaired) electrons. The van der Waals surface area contributed by atoms with E-state index in [0.717, 1.165) is 25.0 Å². The normalized spacial score (nSPS) is 15.3. The third-order valence-corrected chi connectivity index (χ3v) is 3.75. The molecular formula is C17H21N3. The van der Waals surface area contributed by atoms with Gasteiger partial charge in [0.1, 0.15) is 0 Å². The molecule has 20 heavy (non-hydrogen) atoms. The highest BCUT2D eigenvalue weighted by Crippen LogP contribution is 2.27. The van der Waals surface area contributed by atoms with E-state index in [4.69, 9.17) is 0 Å². The second-order valence-electron chi connectivity index (χ2n) is 5.43. The van der Waals surface area contributed by atoms with Crippen LogP contribution in [0.5, 0.6) is 0 Å². The second kappa shape index (κ2) is 5.95. The molecule has 0 bridgehead atoms. The van der Waals surface area contributed by atoms with Crippen molar-refractivity contribution in [3.05, 3.63) is 48.0 Å². The molecule has 2 aromatic carbocycles. The summed E-state index contributed by atoms with van der Waals surface area (Å²) in [7, 11) is 1.82. The van der Waals surface area contributed by atoms with Crippen LogP contribution in [0.25, 0.3) is 10.8 Å². The number of hydrogen-bond donors (Lipinski definition) is 2. The van der Waals surface area contributed by atoms with E-state index in [-0.39, 0.29) is 0 Å². The maximum atomic E-state index is 4.26. The minimum absolute atomic E-state index is 0.801. The van der Waals surface area contributed by atoms with Crippen LogP contribution < -0.4 is 10.6 Å². The number of nitrogens with zero attached hydrogens (tertiary/aromatic N) is 1. The fourth-order valence-corrected chi connectivity index (χ4v) is 2.32. The highest BCUT2D eigenvalue weighted by Gasteiger charge is 2.20. The molecule has 1 aliphatic rings. The van der Waals surface area contributed by atoms with Gasteiger partial charge < -0.3 is 10.6 Å². The first-order valence-electron chi connectivity index (χ1n) is 7.27. The third-order valence-electron chi connectivity index (χ3n) is 3.75. The predicted molar refractivity (Wildman–Crippen MR) is 84.9 cm³/mol. The Morgan fingerprint density at radius 2 is 1.90 bits per heavy atom. The van der Waals surface area contributed by atoms with Crippen LogP contribution in [-0.2, 0) is 6.54 Å². The van der Waals surface area contributed by atoms with E-state index in [0.29, 0.717) is 0 Å². The Kier molecular flexibility index (Phi) is 3.86. The summed E-state index contributed by atoms with van der Waals surface area (Å²) < 4.78 is 0. The monoisotopic (exact) mass is 267 g/mol. The summed E-state index contributed by atoms with van der Waals surface area (Å²) in [6, 6.07) is 15.0. The molecule has 3 rings (SSSR count). The first-order valence-corrected chi connectivity index (χ1v) is 7.27. The highest BCUT2D eigenvalue weighted by atomic mass is 15.2. The molecule has 1 fully saturated rings. The van der Waals surface area contributed by atoms with Crippen LogP contribution in [0, 0.1) is 5.92 Å². The first kappa shape index (κ1) is 13.0. The van der Waals surface area contributed by atoms with Crippen LogP contribution in [0.1, 0.15) is 18.4 Å². The summed E-state index contributed by atoms with van der Waals surface area (Å²) in [6.07, 6.45) is 2.71. The zero-order valence-corrected chi connectivity index (χ0v) is 11.9. The van der Waals surface area contributed by atoms with Crippen molar-refractivity contribution in [1.82, 2.24) is 10.6 Å². The molecule has 1 aliphatic carbocycles. The lowest BCUT2D eigenvalue weighted by molar-refractivity contribution is 0.737. The number of aliphatic imine (C=N–C) groups is 1. The molecular weight excluding hydrogens is 246 g/mol. The Labute approximate surface area is 120 Å². The van der Waals surface area contributed by atoms with Crippen molar-refractivity contribution in [3.63, 3.8) is 0 Å². The molecule has 2 N–H and O–H groups in total. The molecule has 0 aliphatic heterocycles. The second-order valence-corrected chi connectivity index (χ2v) is 5.43. The fraction of sp³-hybridized carbons (Fsp3) is 0.353. The van der Waals surface area contributed by atoms with Gasteiger partial charge in [0.15, 0.2) is 5.96 Å². The molecule has 0 atom stereocenters. The van der Waals surface area contributed by atoms with Crippen molar-refractivity contribution in [2.45, 2.75) is 19.4 Å². The van der Waals surface area contributed by atoms with E-state index in [9.17, 15) is 0 Å². The number of rotatable bonds is 4. The van der Waals surface area contributed by atoms with Crippen molar-refractivity contribution in [1.29, 1.82) is 0 Å². The smallest absolute Gasteiger partial charge is 0.191 e. The van der Waals surface area contributed by atoms with Gasteiger partial charge >= 0.3 is 0 Å². The molecule has 0 heterocycles. The molecule has 0 unspecified atom stereocenters. The number of nitrogens with one attached hydrogen (secondary N) is 2. The Balaban J connectivity index is 1.60. The average Bonchev–Trinajstić information content (AvgIpc) is 3.31. The van der Waals surface area contributed by atoms with Gasteiger partial charge in [0.05, 0.1) is 0 Å². The summed E-state index contributed by atoms with van der Waals surface area (Å²) in [5, 5.41) is 9.32. The molecule has 2 aromatic rings. The van der Waals surface area contributed by atoms with Gasteiger partial charge in [-0.3, -0.25) is 4.99 Å². The molecule has 0 saturated heterocycles. The molecule has 0 spiro atoms. The van der Waals surface area contributed by atoms with Crippen molar-refractivity contribution in [2.75, 3.05) is 13.6 Å². The summed E-state index contributed by atoms with van der Waals surface area (Å²) in [6.45, 7) is 1.84. The largest absolute Gasteiger partial charge is 0.356 e. The molecule has 3 nitrogen and oxygen atoms in total. The van der Waals surface area contributed by atoms with Crippen molar-refractivity contribution < 1.29 is 0 Å². The quantitative estimate of drug-likeness (QED) is 0.660. The van der Waals surface area contributed by atoms with Crippen LogP contribution in [-0.4, -0.2) is 19.6 Å². The van der Waals surface area contributed by atoms with Crippen molar-refractivity contribution in [3.8, 4) is 0 Å². The van der Waals surface area contributed by atoms with Crippen LogP contribution in [0.15, 0.2) is 47.5 Å². The molecule has 0 amide bonds. The molecule has 104 valence electrons. The number of guanidine groups is 1. The number of hydrogen-bond acceptors (Lipinski definition) is 1. The summed E-state index contributed by atoms with van der Waals surface area (Å²) in [5.41, 5.74) is 1.28. The maximum Gasteiger partial charge on any atom is 0.191 e. The van der Waals surface area contributed by atoms with E-state index in [2.05, 4.69) is 58.1 Å². The summed E-state index contributed by atoms with van der Waals surface area (Å²) in [4.78, 5) is 4.26. The molecule has 0 aromatic heterocycles. The Morgan fingerprint density at radius 3 is 2.65 bits per heavy atom. The predicted octanol–water partition coefficient (Wildman–Crippen LogP) is 2.91. The van der Waals surface area contributed by atoms with Crippen molar-refractivity contribution >= 4 is 16.7 Å². The highest BCUT2D eigenvalue weighted by molar-refractivity contribution is 5.83. The summed E-state index contributed by atoms with van der Waals surface area (Å²) >= 11 is 0. The van der Waals surface area contributed by atoms with Crippen LogP contribution in [0.4, 0.5) is 0 Å².